The van der Waals surface area contributed by atoms with Gasteiger partial charge in [-0.05, 0) is 28.9 Å². The molecule has 2 aromatic heterocycles. The molecule has 8 heteroatoms. The molecule has 0 radical (unpaired) electrons. The van der Waals surface area contributed by atoms with E-state index in [-0.39, 0.29) is 11.4 Å². The number of hydrogen-bond acceptors (Lipinski definition) is 5. The third-order valence-corrected chi connectivity index (χ3v) is 5.46. The van der Waals surface area contributed by atoms with Crippen molar-refractivity contribution in [2.75, 3.05) is 7.05 Å². The first-order valence-corrected chi connectivity index (χ1v) is 8.49. The van der Waals surface area contributed by atoms with Crippen molar-refractivity contribution in [3.05, 3.63) is 39.0 Å². The molecule has 0 aliphatic carbocycles. The number of aromatic nitrogens is 2. The minimum absolute atomic E-state index is 0.163. The fourth-order valence-corrected chi connectivity index (χ4v) is 3.76. The molecule has 2 aromatic rings. The van der Waals surface area contributed by atoms with E-state index in [1.807, 2.05) is 12.3 Å². The van der Waals surface area contributed by atoms with Crippen LogP contribution in [0.25, 0.3) is 0 Å². The van der Waals surface area contributed by atoms with Gasteiger partial charge in [0.25, 0.3) is 0 Å². The van der Waals surface area contributed by atoms with E-state index in [2.05, 4.69) is 25.9 Å². The number of rotatable bonds is 4. The Kier molecular flexibility index (Phi) is 4.34. The monoisotopic (exact) mass is 361 g/mol. The third kappa shape index (κ3) is 3.38. The van der Waals surface area contributed by atoms with Crippen molar-refractivity contribution in [2.24, 2.45) is 0 Å². The van der Waals surface area contributed by atoms with Gasteiger partial charge in [0.2, 0.25) is 10.0 Å². The molecule has 5 nitrogen and oxygen atoms in total. The molecule has 19 heavy (non-hydrogen) atoms. The second-order valence-corrected chi connectivity index (χ2v) is 7.98. The average Bonchev–Trinajstić information content (AvgIpc) is 2.74. The fraction of sp³-hybridized carbons (Fsp3) is 0.273. The second-order valence-electron chi connectivity index (χ2n) is 3.96. The van der Waals surface area contributed by atoms with Crippen LogP contribution in [-0.4, -0.2) is 29.7 Å². The van der Waals surface area contributed by atoms with E-state index in [0.717, 1.165) is 10.7 Å². The minimum Gasteiger partial charge on any atom is -0.262 e. The van der Waals surface area contributed by atoms with Crippen molar-refractivity contribution in [3.8, 4) is 0 Å². The van der Waals surface area contributed by atoms with Gasteiger partial charge in [-0.15, -0.1) is 11.3 Å². The molecular weight excluding hydrogens is 350 g/mol. The SMILES string of the molecule is Cc1nc(CN(C)S(=O)(=O)c2cncc(Br)c2)cs1. The predicted octanol–water partition coefficient (Wildman–Crippen LogP) is 2.43. The molecular formula is C11H12BrN3O2S2. The minimum atomic E-state index is -3.54. The lowest BCUT2D eigenvalue weighted by Crippen LogP contribution is -2.26. The van der Waals surface area contributed by atoms with Gasteiger partial charge in [0.15, 0.2) is 0 Å². The number of aryl methyl sites for hydroxylation is 1. The molecule has 2 heterocycles. The number of sulfonamides is 1. The largest absolute Gasteiger partial charge is 0.262 e. The zero-order valence-corrected chi connectivity index (χ0v) is 13.6. The van der Waals surface area contributed by atoms with E-state index >= 15 is 0 Å². The van der Waals surface area contributed by atoms with Crippen LogP contribution in [0.3, 0.4) is 0 Å². The van der Waals surface area contributed by atoms with Crippen LogP contribution in [0.2, 0.25) is 0 Å². The molecule has 0 N–H and O–H groups in total. The fourth-order valence-electron chi connectivity index (χ4n) is 1.51. The smallest absolute Gasteiger partial charge is 0.244 e. The van der Waals surface area contributed by atoms with Crippen molar-refractivity contribution in [1.82, 2.24) is 14.3 Å². The number of halogens is 1. The Morgan fingerprint density at radius 1 is 1.42 bits per heavy atom. The predicted molar refractivity (Wildman–Crippen MR) is 77.4 cm³/mol. The molecule has 0 amide bonds. The van der Waals surface area contributed by atoms with Crippen LogP contribution < -0.4 is 0 Å². The zero-order chi connectivity index (χ0) is 14.0. The maximum Gasteiger partial charge on any atom is 0.244 e. The van der Waals surface area contributed by atoms with Gasteiger partial charge in [0, 0.05) is 29.3 Å². The second kappa shape index (κ2) is 5.66. The van der Waals surface area contributed by atoms with Crippen LogP contribution in [0, 0.1) is 6.92 Å². The summed E-state index contributed by atoms with van der Waals surface area (Å²) in [5.41, 5.74) is 0.747. The first kappa shape index (κ1) is 14.6. The van der Waals surface area contributed by atoms with Gasteiger partial charge in [-0.25, -0.2) is 13.4 Å². The molecule has 0 spiro atoms. The van der Waals surface area contributed by atoms with Crippen molar-refractivity contribution in [2.45, 2.75) is 18.4 Å². The van der Waals surface area contributed by atoms with Gasteiger partial charge in [-0.1, -0.05) is 0 Å². The number of thiazole rings is 1. The van der Waals surface area contributed by atoms with Crippen molar-refractivity contribution >= 4 is 37.3 Å². The molecule has 0 atom stereocenters. The molecule has 0 unspecified atom stereocenters. The van der Waals surface area contributed by atoms with Crippen molar-refractivity contribution in [1.29, 1.82) is 0 Å². The highest BCUT2D eigenvalue weighted by molar-refractivity contribution is 9.10. The summed E-state index contributed by atoms with van der Waals surface area (Å²) in [6, 6.07) is 1.53. The summed E-state index contributed by atoms with van der Waals surface area (Å²) in [5, 5.41) is 2.78. The quantitative estimate of drug-likeness (QED) is 0.838. The molecule has 0 bridgehead atoms. The molecule has 0 fully saturated rings. The summed E-state index contributed by atoms with van der Waals surface area (Å²) < 4.78 is 26.6. The van der Waals surface area contributed by atoms with Gasteiger partial charge in [0.05, 0.1) is 17.2 Å². The van der Waals surface area contributed by atoms with E-state index in [4.69, 9.17) is 0 Å². The molecule has 0 aliphatic rings. The number of pyridine rings is 1. The Bertz CT molecular complexity index is 685. The molecule has 0 aliphatic heterocycles. The van der Waals surface area contributed by atoms with Crippen molar-refractivity contribution < 1.29 is 8.42 Å². The van der Waals surface area contributed by atoms with Crippen LogP contribution in [0.15, 0.2) is 33.2 Å². The van der Waals surface area contributed by atoms with Gasteiger partial charge in [0.1, 0.15) is 4.90 Å². The highest BCUT2D eigenvalue weighted by atomic mass is 79.9. The molecule has 0 saturated carbocycles. The van der Waals surface area contributed by atoms with Crippen molar-refractivity contribution in [3.63, 3.8) is 0 Å². The number of hydrogen-bond donors (Lipinski definition) is 0. The average molecular weight is 362 g/mol. The Morgan fingerprint density at radius 2 is 2.16 bits per heavy atom. The maximum absolute atomic E-state index is 12.3. The van der Waals surface area contributed by atoms with Crippen LogP contribution >= 0.6 is 27.3 Å². The standard InChI is InChI=1S/C11H12BrN3O2S2/c1-8-14-10(7-18-8)6-15(2)19(16,17)11-3-9(12)4-13-5-11/h3-5,7H,6H2,1-2H3. The normalized spacial score (nSPS) is 12.0. The molecule has 0 saturated heterocycles. The van der Waals surface area contributed by atoms with Crippen LogP contribution in [0.4, 0.5) is 0 Å². The summed E-state index contributed by atoms with van der Waals surface area (Å²) in [6.07, 6.45) is 2.88. The maximum atomic E-state index is 12.3. The Morgan fingerprint density at radius 3 is 2.74 bits per heavy atom. The summed E-state index contributed by atoms with van der Waals surface area (Å²) in [5.74, 6) is 0. The summed E-state index contributed by atoms with van der Waals surface area (Å²) in [4.78, 5) is 8.30. The van der Waals surface area contributed by atoms with E-state index in [1.165, 1.54) is 35.0 Å². The van der Waals surface area contributed by atoms with Gasteiger partial charge < -0.3 is 0 Å². The first-order valence-electron chi connectivity index (χ1n) is 5.37. The van der Waals surface area contributed by atoms with E-state index in [9.17, 15) is 8.42 Å². The van der Waals surface area contributed by atoms with Crippen LogP contribution in [0.5, 0.6) is 0 Å². The highest BCUT2D eigenvalue weighted by Gasteiger charge is 2.22. The third-order valence-electron chi connectivity index (χ3n) is 2.44. The van der Waals surface area contributed by atoms with Gasteiger partial charge >= 0.3 is 0 Å². The van der Waals surface area contributed by atoms with Crippen LogP contribution in [-0.2, 0) is 16.6 Å². The lowest BCUT2D eigenvalue weighted by Gasteiger charge is -2.15. The zero-order valence-electron chi connectivity index (χ0n) is 10.4. The highest BCUT2D eigenvalue weighted by Crippen LogP contribution is 2.19. The van der Waals surface area contributed by atoms with Gasteiger partial charge in [-0.3, -0.25) is 4.98 Å². The van der Waals surface area contributed by atoms with E-state index in [1.54, 1.807) is 6.20 Å². The molecule has 2 rings (SSSR count). The van der Waals surface area contributed by atoms with Gasteiger partial charge in [-0.2, -0.15) is 4.31 Å². The first-order chi connectivity index (χ1) is 8.89. The lowest BCUT2D eigenvalue weighted by atomic mass is 10.5. The lowest BCUT2D eigenvalue weighted by molar-refractivity contribution is 0.462. The van der Waals surface area contributed by atoms with Crippen LogP contribution in [0.1, 0.15) is 10.7 Å². The molecule has 102 valence electrons. The number of nitrogens with zero attached hydrogens (tertiary/aromatic N) is 3. The molecule has 0 aromatic carbocycles. The van der Waals surface area contributed by atoms with E-state index in [0.29, 0.717) is 4.47 Å². The topological polar surface area (TPSA) is 63.2 Å². The van der Waals surface area contributed by atoms with E-state index < -0.39 is 10.0 Å². The Labute approximate surface area is 124 Å². The summed E-state index contributed by atoms with van der Waals surface area (Å²) in [6.45, 7) is 2.14. The Hall–Kier alpha value is -0.830. The Balaban J connectivity index is 2.24. The summed E-state index contributed by atoms with van der Waals surface area (Å²) in [7, 11) is -2.01. The summed E-state index contributed by atoms with van der Waals surface area (Å²) >= 11 is 4.72.